The largest absolute Gasteiger partial charge is 0.466 e. The van der Waals surface area contributed by atoms with Gasteiger partial charge in [-0.15, -0.1) is 0 Å². The lowest BCUT2D eigenvalue weighted by Gasteiger charge is -1.98. The van der Waals surface area contributed by atoms with Crippen molar-refractivity contribution in [1.29, 1.82) is 0 Å². The standard InChI is InChI=1S/C12H8ClNO3S/c1-17-10(15)6-9-11(16)14-12(18-9)7-2-4-8(13)5-3-7/h2-6H,1H3. The summed E-state index contributed by atoms with van der Waals surface area (Å²) < 4.78 is 4.47. The summed E-state index contributed by atoms with van der Waals surface area (Å²) in [5, 5.41) is 1.16. The molecule has 1 heterocycles. The molecule has 18 heavy (non-hydrogen) atoms. The van der Waals surface area contributed by atoms with Gasteiger partial charge < -0.3 is 4.74 Å². The van der Waals surface area contributed by atoms with Crippen molar-refractivity contribution >= 4 is 40.3 Å². The average Bonchev–Trinajstić information content (AvgIpc) is 2.71. The van der Waals surface area contributed by atoms with Gasteiger partial charge in [0.05, 0.1) is 12.0 Å². The van der Waals surface area contributed by atoms with E-state index in [1.807, 2.05) is 0 Å². The number of methoxy groups -OCH3 is 1. The van der Waals surface area contributed by atoms with E-state index >= 15 is 0 Å². The molecule has 92 valence electrons. The highest BCUT2D eigenvalue weighted by Gasteiger charge is 2.23. The van der Waals surface area contributed by atoms with E-state index in [1.165, 1.54) is 7.11 Å². The molecule has 0 fully saturated rings. The van der Waals surface area contributed by atoms with Crippen molar-refractivity contribution in [2.45, 2.75) is 0 Å². The minimum atomic E-state index is -0.571. The van der Waals surface area contributed by atoms with Crippen LogP contribution < -0.4 is 0 Å². The third kappa shape index (κ3) is 2.80. The van der Waals surface area contributed by atoms with Gasteiger partial charge in [0, 0.05) is 16.7 Å². The Morgan fingerprint density at radius 1 is 1.39 bits per heavy atom. The van der Waals surface area contributed by atoms with Gasteiger partial charge in [0.1, 0.15) is 5.04 Å². The number of hydrogen-bond acceptors (Lipinski definition) is 4. The second-order valence-corrected chi connectivity index (χ2v) is 4.83. The molecule has 1 amide bonds. The first-order valence-electron chi connectivity index (χ1n) is 4.96. The molecule has 1 aromatic carbocycles. The first kappa shape index (κ1) is 12.9. The number of thioether (sulfide) groups is 1. The fourth-order valence-electron chi connectivity index (χ4n) is 1.29. The minimum absolute atomic E-state index is 0.256. The number of aliphatic imine (C=N–C) groups is 1. The normalized spacial score (nSPS) is 16.9. The quantitative estimate of drug-likeness (QED) is 0.617. The molecule has 0 aromatic heterocycles. The van der Waals surface area contributed by atoms with Crippen LogP contribution in [0.1, 0.15) is 5.56 Å². The fraction of sp³-hybridized carbons (Fsp3) is 0.0833. The first-order chi connectivity index (χ1) is 8.60. The highest BCUT2D eigenvalue weighted by molar-refractivity contribution is 8.19. The zero-order chi connectivity index (χ0) is 13.1. The zero-order valence-corrected chi connectivity index (χ0v) is 10.9. The van der Waals surface area contributed by atoms with Crippen molar-refractivity contribution < 1.29 is 14.3 Å². The number of halogens is 1. The summed E-state index contributed by atoms with van der Waals surface area (Å²) in [7, 11) is 1.25. The van der Waals surface area contributed by atoms with E-state index in [0.29, 0.717) is 10.1 Å². The molecule has 0 unspecified atom stereocenters. The van der Waals surface area contributed by atoms with Gasteiger partial charge in [-0.05, 0) is 12.1 Å². The Morgan fingerprint density at radius 2 is 2.06 bits per heavy atom. The lowest BCUT2D eigenvalue weighted by Crippen LogP contribution is -1.98. The number of ether oxygens (including phenoxy) is 1. The Balaban J connectivity index is 2.22. The van der Waals surface area contributed by atoms with E-state index in [1.54, 1.807) is 24.3 Å². The maximum atomic E-state index is 11.6. The Bertz CT molecular complexity index is 563. The van der Waals surface area contributed by atoms with Crippen LogP contribution in [0.2, 0.25) is 5.02 Å². The first-order valence-corrected chi connectivity index (χ1v) is 6.16. The van der Waals surface area contributed by atoms with Crippen LogP contribution in [-0.4, -0.2) is 24.0 Å². The van der Waals surface area contributed by atoms with Gasteiger partial charge in [0.15, 0.2) is 0 Å². The Labute approximate surface area is 113 Å². The zero-order valence-electron chi connectivity index (χ0n) is 9.34. The van der Waals surface area contributed by atoms with Gasteiger partial charge in [-0.3, -0.25) is 4.79 Å². The van der Waals surface area contributed by atoms with Gasteiger partial charge in [-0.2, -0.15) is 0 Å². The van der Waals surface area contributed by atoms with E-state index in [9.17, 15) is 9.59 Å². The van der Waals surface area contributed by atoms with Gasteiger partial charge in [0.25, 0.3) is 5.91 Å². The summed E-state index contributed by atoms with van der Waals surface area (Å²) >= 11 is 6.92. The fourth-order valence-corrected chi connectivity index (χ4v) is 2.30. The van der Waals surface area contributed by atoms with E-state index in [-0.39, 0.29) is 4.91 Å². The van der Waals surface area contributed by atoms with Gasteiger partial charge in [0.2, 0.25) is 0 Å². The van der Waals surface area contributed by atoms with Crippen molar-refractivity contribution in [3.8, 4) is 0 Å². The van der Waals surface area contributed by atoms with Crippen molar-refractivity contribution in [2.75, 3.05) is 7.11 Å². The number of esters is 1. The molecule has 0 bridgehead atoms. The molecule has 0 spiro atoms. The molecule has 0 saturated carbocycles. The number of amides is 1. The second-order valence-electron chi connectivity index (χ2n) is 3.36. The minimum Gasteiger partial charge on any atom is -0.466 e. The van der Waals surface area contributed by atoms with Gasteiger partial charge >= 0.3 is 5.97 Å². The van der Waals surface area contributed by atoms with Crippen LogP contribution in [0.5, 0.6) is 0 Å². The molecule has 1 aliphatic rings. The molecule has 4 nitrogen and oxygen atoms in total. The van der Waals surface area contributed by atoms with Crippen LogP contribution in [0.4, 0.5) is 0 Å². The molecular formula is C12H8ClNO3S. The van der Waals surface area contributed by atoms with Crippen molar-refractivity contribution in [3.05, 3.63) is 45.8 Å². The summed E-state index contributed by atoms with van der Waals surface area (Å²) in [6.07, 6.45) is 1.14. The molecule has 0 aliphatic carbocycles. The summed E-state index contributed by atoms with van der Waals surface area (Å²) in [4.78, 5) is 26.8. The van der Waals surface area contributed by atoms with Crippen molar-refractivity contribution in [3.63, 3.8) is 0 Å². The van der Waals surface area contributed by atoms with E-state index in [2.05, 4.69) is 9.73 Å². The Kier molecular flexibility index (Phi) is 3.84. The van der Waals surface area contributed by atoms with Gasteiger partial charge in [-0.1, -0.05) is 35.5 Å². The van der Waals surface area contributed by atoms with E-state index in [4.69, 9.17) is 11.6 Å². The summed E-state index contributed by atoms with van der Waals surface area (Å²) in [5.74, 6) is -1.01. The third-order valence-corrected chi connectivity index (χ3v) is 3.45. The van der Waals surface area contributed by atoms with Crippen molar-refractivity contribution in [2.24, 2.45) is 4.99 Å². The maximum Gasteiger partial charge on any atom is 0.331 e. The van der Waals surface area contributed by atoms with Crippen LogP contribution in [0, 0.1) is 0 Å². The molecule has 2 rings (SSSR count). The second kappa shape index (κ2) is 5.37. The third-order valence-electron chi connectivity index (χ3n) is 2.16. The van der Waals surface area contributed by atoms with Gasteiger partial charge in [-0.25, -0.2) is 9.79 Å². The molecule has 6 heteroatoms. The number of carbonyl (C=O) groups is 2. The number of hydrogen-bond donors (Lipinski definition) is 0. The monoisotopic (exact) mass is 281 g/mol. The highest BCUT2D eigenvalue weighted by atomic mass is 35.5. The predicted molar refractivity (Wildman–Crippen MR) is 70.7 cm³/mol. The Morgan fingerprint density at radius 3 is 2.67 bits per heavy atom. The van der Waals surface area contributed by atoms with E-state index < -0.39 is 11.9 Å². The topological polar surface area (TPSA) is 55.7 Å². The van der Waals surface area contributed by atoms with Crippen LogP contribution in [-0.2, 0) is 14.3 Å². The summed E-state index contributed by atoms with van der Waals surface area (Å²) in [6, 6.07) is 6.96. The number of rotatable bonds is 2. The lowest BCUT2D eigenvalue weighted by atomic mass is 10.2. The van der Waals surface area contributed by atoms with Crippen LogP contribution in [0.25, 0.3) is 0 Å². The SMILES string of the molecule is COC(=O)C=C1SC(c2ccc(Cl)cc2)=NC1=O. The predicted octanol–water partition coefficient (Wildman–Crippen LogP) is 2.42. The summed E-state index contributed by atoms with van der Waals surface area (Å²) in [6.45, 7) is 0. The number of nitrogens with zero attached hydrogens (tertiary/aromatic N) is 1. The Hall–Kier alpha value is -1.59. The van der Waals surface area contributed by atoms with Crippen molar-refractivity contribution in [1.82, 2.24) is 0 Å². The maximum absolute atomic E-state index is 11.6. The smallest absolute Gasteiger partial charge is 0.331 e. The van der Waals surface area contributed by atoms with Crippen LogP contribution >= 0.6 is 23.4 Å². The van der Waals surface area contributed by atoms with Crippen LogP contribution in [0.15, 0.2) is 40.2 Å². The molecule has 1 aliphatic heterocycles. The average molecular weight is 282 g/mol. The summed E-state index contributed by atoms with van der Waals surface area (Å²) in [5.41, 5.74) is 0.783. The molecule has 1 aromatic rings. The molecule has 0 atom stereocenters. The highest BCUT2D eigenvalue weighted by Crippen LogP contribution is 2.30. The van der Waals surface area contributed by atoms with Crippen LogP contribution in [0.3, 0.4) is 0 Å². The molecule has 0 N–H and O–H groups in total. The lowest BCUT2D eigenvalue weighted by molar-refractivity contribution is -0.135. The number of benzene rings is 1. The molecule has 0 saturated heterocycles. The number of carbonyl (C=O) groups excluding carboxylic acids is 2. The molecular weight excluding hydrogens is 274 g/mol. The van der Waals surface area contributed by atoms with E-state index in [0.717, 1.165) is 23.4 Å². The molecule has 0 radical (unpaired) electrons.